The minimum Gasteiger partial charge on any atom is -0.353 e. The van der Waals surface area contributed by atoms with Crippen molar-refractivity contribution >= 4 is 37.4 Å². The smallest absolute Gasteiger partial charge is 0.208 e. The molecule has 0 amide bonds. The van der Waals surface area contributed by atoms with Gasteiger partial charge in [-0.1, -0.05) is 6.92 Å². The molecule has 24 heavy (non-hydrogen) atoms. The van der Waals surface area contributed by atoms with Gasteiger partial charge in [0.2, 0.25) is 10.0 Å². The molecule has 6 nitrogen and oxygen atoms in total. The van der Waals surface area contributed by atoms with Crippen LogP contribution in [-0.2, 0) is 16.4 Å². The van der Waals surface area contributed by atoms with Crippen LogP contribution in [-0.4, -0.2) is 43.8 Å². The van der Waals surface area contributed by atoms with Crippen molar-refractivity contribution in [2.45, 2.75) is 45.1 Å². The van der Waals surface area contributed by atoms with Crippen molar-refractivity contribution in [3.8, 4) is 0 Å². The summed E-state index contributed by atoms with van der Waals surface area (Å²) in [5, 5.41) is 3.17. The Bertz CT molecular complexity index is 804. The summed E-state index contributed by atoms with van der Waals surface area (Å²) < 4.78 is 25.2. The molecule has 0 aromatic carbocycles. The molecule has 1 aliphatic heterocycles. The topological polar surface area (TPSA) is 75.2 Å². The van der Waals surface area contributed by atoms with Crippen LogP contribution in [0.15, 0.2) is 11.4 Å². The van der Waals surface area contributed by atoms with Crippen molar-refractivity contribution in [2.75, 3.05) is 24.2 Å². The monoisotopic (exact) mass is 368 g/mol. The predicted molar refractivity (Wildman–Crippen MR) is 99.2 cm³/mol. The van der Waals surface area contributed by atoms with Crippen molar-refractivity contribution < 1.29 is 8.42 Å². The van der Waals surface area contributed by atoms with Gasteiger partial charge in [0.05, 0.1) is 11.6 Å². The molecule has 0 saturated carbocycles. The van der Waals surface area contributed by atoms with Crippen molar-refractivity contribution in [3.63, 3.8) is 0 Å². The first kappa shape index (κ1) is 17.6. The van der Waals surface area contributed by atoms with E-state index in [1.54, 1.807) is 11.3 Å². The van der Waals surface area contributed by atoms with Crippen LogP contribution in [0.3, 0.4) is 0 Å². The molecule has 1 saturated heterocycles. The lowest BCUT2D eigenvalue weighted by Gasteiger charge is -2.37. The first-order chi connectivity index (χ1) is 11.5. The molecule has 1 atom stereocenters. The number of nitrogens with one attached hydrogen (secondary N) is 1. The summed E-state index contributed by atoms with van der Waals surface area (Å²) in [6, 6.07) is 2.41. The van der Waals surface area contributed by atoms with Gasteiger partial charge in [0, 0.05) is 25.6 Å². The number of anilines is 1. The second-order valence-electron chi connectivity index (χ2n) is 6.25. The summed E-state index contributed by atoms with van der Waals surface area (Å²) >= 11 is 1.65. The fraction of sp³-hybridized carbons (Fsp3) is 0.625. The van der Waals surface area contributed by atoms with E-state index >= 15 is 0 Å². The summed E-state index contributed by atoms with van der Waals surface area (Å²) in [4.78, 5) is 12.8. The third kappa shape index (κ3) is 4.04. The van der Waals surface area contributed by atoms with E-state index in [0.717, 1.165) is 54.1 Å². The minimum atomic E-state index is -3.14. The zero-order chi connectivity index (χ0) is 17.2. The molecule has 0 aliphatic carbocycles. The number of aryl methyl sites for hydroxylation is 1. The molecule has 0 spiro atoms. The summed E-state index contributed by atoms with van der Waals surface area (Å²) in [5.74, 6) is 1.89. The van der Waals surface area contributed by atoms with Gasteiger partial charge < -0.3 is 4.90 Å². The lowest BCUT2D eigenvalue weighted by molar-refractivity contribution is 0.434. The first-order valence-electron chi connectivity index (χ1n) is 8.43. The number of aromatic nitrogens is 2. The van der Waals surface area contributed by atoms with E-state index in [0.29, 0.717) is 12.6 Å². The standard InChI is InChI=1S/C16H24N4O2S2/c1-3-14-18-15(13-8-11-23-16(13)19-14)20-10-5-4-6-12(20)7-9-17-24(2,21)22/h8,11-12,17H,3-7,9-10H2,1-2H3. The van der Waals surface area contributed by atoms with E-state index in [2.05, 4.69) is 33.0 Å². The molecule has 8 heteroatoms. The summed E-state index contributed by atoms with van der Waals surface area (Å²) in [6.45, 7) is 3.51. The lowest BCUT2D eigenvalue weighted by Crippen LogP contribution is -2.42. The van der Waals surface area contributed by atoms with E-state index in [9.17, 15) is 8.42 Å². The maximum absolute atomic E-state index is 11.3. The Kier molecular flexibility index (Phi) is 5.36. The van der Waals surface area contributed by atoms with Crippen molar-refractivity contribution in [1.29, 1.82) is 0 Å². The number of sulfonamides is 1. The van der Waals surface area contributed by atoms with Crippen LogP contribution in [0.25, 0.3) is 10.2 Å². The number of piperidine rings is 1. The molecular formula is C16H24N4O2S2. The van der Waals surface area contributed by atoms with E-state index < -0.39 is 10.0 Å². The van der Waals surface area contributed by atoms with Gasteiger partial charge in [-0.25, -0.2) is 23.1 Å². The number of thiophene rings is 1. The van der Waals surface area contributed by atoms with Crippen LogP contribution >= 0.6 is 11.3 Å². The molecule has 3 heterocycles. The Morgan fingerprint density at radius 1 is 1.38 bits per heavy atom. The van der Waals surface area contributed by atoms with Crippen molar-refractivity contribution in [3.05, 3.63) is 17.3 Å². The SMILES string of the molecule is CCc1nc(N2CCCCC2CCNS(C)(=O)=O)c2ccsc2n1. The molecule has 1 fully saturated rings. The summed E-state index contributed by atoms with van der Waals surface area (Å²) in [7, 11) is -3.14. The third-order valence-electron chi connectivity index (χ3n) is 4.41. The fourth-order valence-corrected chi connectivity index (χ4v) is 4.52. The average molecular weight is 369 g/mol. The van der Waals surface area contributed by atoms with Crippen LogP contribution in [0.4, 0.5) is 5.82 Å². The quantitative estimate of drug-likeness (QED) is 0.848. The molecule has 2 aromatic heterocycles. The average Bonchev–Trinajstić information content (AvgIpc) is 3.01. The summed E-state index contributed by atoms with van der Waals surface area (Å²) in [5.41, 5.74) is 0. The molecule has 1 aliphatic rings. The van der Waals surface area contributed by atoms with E-state index in [-0.39, 0.29) is 0 Å². The van der Waals surface area contributed by atoms with Gasteiger partial charge >= 0.3 is 0 Å². The lowest BCUT2D eigenvalue weighted by atomic mass is 9.99. The predicted octanol–water partition coefficient (Wildman–Crippen LogP) is 2.55. The Labute approximate surface area is 147 Å². The van der Waals surface area contributed by atoms with Crippen LogP contribution < -0.4 is 9.62 Å². The van der Waals surface area contributed by atoms with Gasteiger partial charge in [-0.3, -0.25) is 0 Å². The van der Waals surface area contributed by atoms with E-state index in [4.69, 9.17) is 4.98 Å². The van der Waals surface area contributed by atoms with Gasteiger partial charge in [0.25, 0.3) is 0 Å². The number of hydrogen-bond acceptors (Lipinski definition) is 6. The largest absolute Gasteiger partial charge is 0.353 e. The first-order valence-corrected chi connectivity index (χ1v) is 11.2. The zero-order valence-corrected chi connectivity index (χ0v) is 15.8. The minimum absolute atomic E-state index is 0.315. The van der Waals surface area contributed by atoms with Gasteiger partial charge in [0.15, 0.2) is 0 Å². The number of rotatable bonds is 6. The Hall–Kier alpha value is -1.25. The van der Waals surface area contributed by atoms with Gasteiger partial charge in [-0.2, -0.15) is 0 Å². The maximum atomic E-state index is 11.3. The normalized spacial score (nSPS) is 19.1. The molecule has 2 aromatic rings. The van der Waals surface area contributed by atoms with Crippen LogP contribution in [0.2, 0.25) is 0 Å². The Morgan fingerprint density at radius 3 is 2.96 bits per heavy atom. The number of hydrogen-bond donors (Lipinski definition) is 1. The van der Waals surface area contributed by atoms with Gasteiger partial charge in [0.1, 0.15) is 16.5 Å². The van der Waals surface area contributed by atoms with Crippen molar-refractivity contribution in [2.24, 2.45) is 0 Å². The molecule has 1 unspecified atom stereocenters. The second kappa shape index (κ2) is 7.33. The third-order valence-corrected chi connectivity index (χ3v) is 5.94. The second-order valence-corrected chi connectivity index (χ2v) is 8.98. The highest BCUT2D eigenvalue weighted by molar-refractivity contribution is 7.88. The zero-order valence-electron chi connectivity index (χ0n) is 14.2. The highest BCUT2D eigenvalue weighted by Gasteiger charge is 2.26. The van der Waals surface area contributed by atoms with Gasteiger partial charge in [-0.05, 0) is 37.1 Å². The molecule has 0 bridgehead atoms. The Morgan fingerprint density at radius 2 is 2.21 bits per heavy atom. The molecule has 132 valence electrons. The van der Waals surface area contributed by atoms with Crippen LogP contribution in [0.1, 0.15) is 38.4 Å². The number of fused-ring (bicyclic) bond motifs is 1. The highest BCUT2D eigenvalue weighted by Crippen LogP contribution is 2.32. The van der Waals surface area contributed by atoms with Crippen LogP contribution in [0.5, 0.6) is 0 Å². The molecule has 3 rings (SSSR count). The molecule has 1 N–H and O–H groups in total. The maximum Gasteiger partial charge on any atom is 0.208 e. The van der Waals surface area contributed by atoms with Gasteiger partial charge in [-0.15, -0.1) is 11.3 Å². The molecule has 0 radical (unpaired) electrons. The van der Waals surface area contributed by atoms with E-state index in [1.165, 1.54) is 12.7 Å². The van der Waals surface area contributed by atoms with Crippen LogP contribution in [0, 0.1) is 0 Å². The molecular weight excluding hydrogens is 344 g/mol. The van der Waals surface area contributed by atoms with E-state index in [1.807, 2.05) is 0 Å². The highest BCUT2D eigenvalue weighted by atomic mass is 32.2. The fourth-order valence-electron chi connectivity index (χ4n) is 3.25. The Balaban J connectivity index is 1.86. The summed E-state index contributed by atoms with van der Waals surface area (Å²) in [6.07, 6.45) is 6.21. The van der Waals surface area contributed by atoms with Crippen molar-refractivity contribution in [1.82, 2.24) is 14.7 Å². The number of nitrogens with zero attached hydrogens (tertiary/aromatic N) is 3.